The number of hydrogen-bond acceptors (Lipinski definition) is 3. The van der Waals surface area contributed by atoms with Crippen LogP contribution in [-0.2, 0) is 14.8 Å². The van der Waals surface area contributed by atoms with Crippen LogP contribution in [0.25, 0.3) is 0 Å². The molecule has 1 saturated carbocycles. The molecular formula is C21H24BrFN2O3S. The molecule has 0 saturated heterocycles. The molecule has 0 radical (unpaired) electrons. The van der Waals surface area contributed by atoms with Crippen molar-refractivity contribution in [1.82, 2.24) is 10.0 Å². The molecule has 3 rings (SSSR count). The van der Waals surface area contributed by atoms with E-state index in [2.05, 4.69) is 26.0 Å². The molecule has 2 N–H and O–H groups in total. The van der Waals surface area contributed by atoms with E-state index in [0.29, 0.717) is 25.7 Å². The number of hydrogen-bond donors (Lipinski definition) is 2. The van der Waals surface area contributed by atoms with E-state index in [1.165, 1.54) is 12.1 Å². The van der Waals surface area contributed by atoms with Crippen LogP contribution in [0.2, 0.25) is 0 Å². The molecule has 1 atom stereocenters. The van der Waals surface area contributed by atoms with Crippen LogP contribution < -0.4 is 10.0 Å². The van der Waals surface area contributed by atoms with Gasteiger partial charge in [0.15, 0.2) is 0 Å². The van der Waals surface area contributed by atoms with Gasteiger partial charge in [-0.1, -0.05) is 28.1 Å². The van der Waals surface area contributed by atoms with Crippen LogP contribution >= 0.6 is 15.9 Å². The molecule has 0 bridgehead atoms. The van der Waals surface area contributed by atoms with Crippen molar-refractivity contribution in [1.29, 1.82) is 0 Å². The zero-order valence-electron chi connectivity index (χ0n) is 16.1. The highest BCUT2D eigenvalue weighted by Crippen LogP contribution is 2.27. The average molecular weight is 483 g/mol. The van der Waals surface area contributed by atoms with Crippen LogP contribution in [0, 0.1) is 11.7 Å². The number of nitrogens with one attached hydrogen (secondary N) is 2. The minimum absolute atomic E-state index is 0.0453. The van der Waals surface area contributed by atoms with Gasteiger partial charge in [-0.15, -0.1) is 0 Å². The summed E-state index contributed by atoms with van der Waals surface area (Å²) in [7, 11) is -3.57. The van der Waals surface area contributed by atoms with Crippen molar-refractivity contribution < 1.29 is 17.6 Å². The van der Waals surface area contributed by atoms with Crippen LogP contribution in [0.1, 0.15) is 44.2 Å². The zero-order chi connectivity index (χ0) is 21.0. The molecule has 0 unspecified atom stereocenters. The number of carbonyl (C=O) groups is 1. The fourth-order valence-corrected chi connectivity index (χ4v) is 5.11. The number of amides is 1. The lowest BCUT2D eigenvalue weighted by Crippen LogP contribution is -2.41. The van der Waals surface area contributed by atoms with E-state index in [-0.39, 0.29) is 34.6 Å². The molecule has 1 amide bonds. The van der Waals surface area contributed by atoms with E-state index < -0.39 is 10.0 Å². The minimum atomic E-state index is -3.57. The van der Waals surface area contributed by atoms with Gasteiger partial charge >= 0.3 is 0 Å². The van der Waals surface area contributed by atoms with Crippen molar-refractivity contribution in [3.63, 3.8) is 0 Å². The van der Waals surface area contributed by atoms with Crippen LogP contribution in [0.4, 0.5) is 4.39 Å². The van der Waals surface area contributed by atoms with Crippen molar-refractivity contribution in [3.8, 4) is 0 Å². The first-order valence-corrected chi connectivity index (χ1v) is 11.9. The molecule has 0 aromatic heterocycles. The summed E-state index contributed by atoms with van der Waals surface area (Å²) in [6.07, 6.45) is 2.46. The van der Waals surface area contributed by atoms with Crippen molar-refractivity contribution in [2.45, 2.75) is 49.6 Å². The predicted octanol–water partition coefficient (Wildman–Crippen LogP) is 4.30. The summed E-state index contributed by atoms with van der Waals surface area (Å²) in [6, 6.07) is 12.2. The van der Waals surface area contributed by atoms with Gasteiger partial charge in [-0.3, -0.25) is 4.79 Å². The largest absolute Gasteiger partial charge is 0.349 e. The highest BCUT2D eigenvalue weighted by molar-refractivity contribution is 9.10. The molecule has 29 heavy (non-hydrogen) atoms. The summed E-state index contributed by atoms with van der Waals surface area (Å²) < 4.78 is 41.7. The van der Waals surface area contributed by atoms with Gasteiger partial charge in [0.2, 0.25) is 15.9 Å². The second-order valence-corrected chi connectivity index (χ2v) is 10.0. The number of halogens is 2. The normalized spacial score (nSPS) is 20.8. The highest BCUT2D eigenvalue weighted by atomic mass is 79.9. The molecule has 1 aliphatic rings. The Bertz CT molecular complexity index is 941. The maximum Gasteiger partial charge on any atom is 0.240 e. The van der Waals surface area contributed by atoms with Crippen molar-refractivity contribution in [3.05, 3.63) is 64.4 Å². The Hall–Kier alpha value is -1.77. The Kier molecular flexibility index (Phi) is 7.08. The van der Waals surface area contributed by atoms with Gasteiger partial charge in [0.1, 0.15) is 5.82 Å². The quantitative estimate of drug-likeness (QED) is 0.644. The first-order chi connectivity index (χ1) is 13.7. The van der Waals surface area contributed by atoms with Crippen molar-refractivity contribution >= 4 is 31.9 Å². The van der Waals surface area contributed by atoms with E-state index in [0.717, 1.165) is 10.0 Å². The molecular weight excluding hydrogens is 459 g/mol. The molecule has 2 aromatic carbocycles. The summed E-state index contributed by atoms with van der Waals surface area (Å²) in [6.45, 7) is 1.86. The Balaban J connectivity index is 1.51. The van der Waals surface area contributed by atoms with Gasteiger partial charge in [-0.2, -0.15) is 0 Å². The maximum absolute atomic E-state index is 13.0. The topological polar surface area (TPSA) is 75.3 Å². The number of sulfonamides is 1. The van der Waals surface area contributed by atoms with E-state index in [4.69, 9.17) is 0 Å². The highest BCUT2D eigenvalue weighted by Gasteiger charge is 2.29. The second kappa shape index (κ2) is 9.36. The first-order valence-electron chi connectivity index (χ1n) is 9.58. The lowest BCUT2D eigenvalue weighted by molar-refractivity contribution is -0.126. The summed E-state index contributed by atoms with van der Waals surface area (Å²) in [5, 5.41) is 2.98. The monoisotopic (exact) mass is 482 g/mol. The smallest absolute Gasteiger partial charge is 0.240 e. The zero-order valence-corrected chi connectivity index (χ0v) is 18.5. The molecule has 1 aliphatic carbocycles. The van der Waals surface area contributed by atoms with Gasteiger partial charge in [-0.25, -0.2) is 17.5 Å². The van der Waals surface area contributed by atoms with Gasteiger partial charge in [0.05, 0.1) is 10.9 Å². The molecule has 156 valence electrons. The third-order valence-electron chi connectivity index (χ3n) is 5.27. The lowest BCUT2D eigenvalue weighted by Gasteiger charge is -2.29. The standard InChI is InChI=1S/C21H24BrFN2O3S/c1-14(15-2-8-18(23)9-3-15)24-21(26)16-4-10-19(11-5-16)25-29(27,28)20-12-6-17(22)7-13-20/h2-3,6-9,12-14,16,19,25H,4-5,10-11H2,1H3,(H,24,26)/t14-,16?,19?/m1/s1. The predicted molar refractivity (Wildman–Crippen MR) is 113 cm³/mol. The van der Waals surface area contributed by atoms with Crippen LogP contribution in [0.15, 0.2) is 57.9 Å². The molecule has 8 heteroatoms. The van der Waals surface area contributed by atoms with E-state index in [1.807, 2.05) is 6.92 Å². The first kappa shape index (κ1) is 21.9. The Labute approximate surface area is 179 Å². The number of rotatable bonds is 6. The van der Waals surface area contributed by atoms with E-state index in [9.17, 15) is 17.6 Å². The van der Waals surface area contributed by atoms with Gasteiger partial charge in [0.25, 0.3) is 0 Å². The average Bonchev–Trinajstić information content (AvgIpc) is 2.69. The summed E-state index contributed by atoms with van der Waals surface area (Å²) in [5.74, 6) is -0.501. The SMILES string of the molecule is C[C@@H](NC(=O)C1CCC(NS(=O)(=O)c2ccc(Br)cc2)CC1)c1ccc(F)cc1. The molecule has 5 nitrogen and oxygen atoms in total. The van der Waals surface area contributed by atoms with Crippen molar-refractivity contribution in [2.24, 2.45) is 5.92 Å². The fourth-order valence-electron chi connectivity index (χ4n) is 3.54. The molecule has 1 fully saturated rings. The molecule has 0 heterocycles. The second-order valence-electron chi connectivity index (χ2n) is 7.41. The third kappa shape index (κ3) is 5.87. The Morgan fingerprint density at radius 2 is 1.62 bits per heavy atom. The van der Waals surface area contributed by atoms with E-state index >= 15 is 0 Å². The number of carbonyl (C=O) groups excluding carboxylic acids is 1. The molecule has 0 aliphatic heterocycles. The summed E-state index contributed by atoms with van der Waals surface area (Å²) >= 11 is 3.30. The molecule has 2 aromatic rings. The number of benzene rings is 2. The summed E-state index contributed by atoms with van der Waals surface area (Å²) in [5.41, 5.74) is 0.843. The Morgan fingerprint density at radius 1 is 1.03 bits per heavy atom. The van der Waals surface area contributed by atoms with Gasteiger partial charge < -0.3 is 5.32 Å². The minimum Gasteiger partial charge on any atom is -0.349 e. The lowest BCUT2D eigenvalue weighted by atomic mass is 9.85. The summed E-state index contributed by atoms with van der Waals surface area (Å²) in [4.78, 5) is 12.8. The van der Waals surface area contributed by atoms with Crippen LogP contribution in [0.3, 0.4) is 0 Å². The van der Waals surface area contributed by atoms with Crippen LogP contribution in [0.5, 0.6) is 0 Å². The fraction of sp³-hybridized carbons (Fsp3) is 0.381. The third-order valence-corrected chi connectivity index (χ3v) is 7.34. The van der Waals surface area contributed by atoms with Gasteiger partial charge in [-0.05, 0) is 74.6 Å². The van der Waals surface area contributed by atoms with Crippen molar-refractivity contribution in [2.75, 3.05) is 0 Å². The van der Waals surface area contributed by atoms with Gasteiger partial charge in [0, 0.05) is 16.4 Å². The molecule has 0 spiro atoms. The van der Waals surface area contributed by atoms with Crippen LogP contribution in [-0.4, -0.2) is 20.4 Å². The Morgan fingerprint density at radius 3 is 2.21 bits per heavy atom. The van der Waals surface area contributed by atoms with E-state index in [1.54, 1.807) is 36.4 Å². The maximum atomic E-state index is 13.0.